The summed E-state index contributed by atoms with van der Waals surface area (Å²) in [5.41, 5.74) is 0.152. The topological polar surface area (TPSA) is 108 Å². The van der Waals surface area contributed by atoms with Gasteiger partial charge in [0.2, 0.25) is 0 Å². The SMILES string of the molecule is C[N+](C)(C)CCO[P+]([O-])(O)OCCOc1ccc(C(=O)O)cc1. The van der Waals surface area contributed by atoms with E-state index in [1.165, 1.54) is 24.3 Å². The van der Waals surface area contributed by atoms with E-state index in [0.29, 0.717) is 16.8 Å². The van der Waals surface area contributed by atoms with Crippen molar-refractivity contribution in [2.75, 3.05) is 47.5 Å². The number of phosphoric ester groups is 1. The Bertz CT molecular complexity index is 499. The van der Waals surface area contributed by atoms with E-state index >= 15 is 0 Å². The highest BCUT2D eigenvalue weighted by Gasteiger charge is 2.28. The molecule has 0 saturated heterocycles. The lowest BCUT2D eigenvalue weighted by Crippen LogP contribution is -2.38. The van der Waals surface area contributed by atoms with Crippen LogP contribution in [0, 0.1) is 0 Å². The fourth-order valence-electron chi connectivity index (χ4n) is 1.47. The average Bonchev–Trinajstić information content (AvgIpc) is 2.42. The third-order valence-electron chi connectivity index (χ3n) is 2.72. The van der Waals surface area contributed by atoms with Crippen molar-refractivity contribution in [1.29, 1.82) is 0 Å². The zero-order valence-electron chi connectivity index (χ0n) is 13.5. The van der Waals surface area contributed by atoms with Gasteiger partial charge in [-0.1, -0.05) is 0 Å². The Balaban J connectivity index is 2.26. The molecular formula is C14H23NO7P+. The van der Waals surface area contributed by atoms with Gasteiger partial charge < -0.3 is 19.2 Å². The zero-order valence-corrected chi connectivity index (χ0v) is 14.4. The molecule has 0 amide bonds. The van der Waals surface area contributed by atoms with Gasteiger partial charge in [-0.05, 0) is 24.3 Å². The summed E-state index contributed by atoms with van der Waals surface area (Å²) in [6.07, 6.45) is 0. The Hall–Kier alpha value is -1.28. The molecule has 0 aliphatic heterocycles. The molecule has 1 aromatic carbocycles. The number of hydrogen-bond donors (Lipinski definition) is 2. The molecule has 0 heterocycles. The van der Waals surface area contributed by atoms with Crippen LogP contribution in [0.4, 0.5) is 0 Å². The van der Waals surface area contributed by atoms with E-state index in [-0.39, 0.29) is 25.4 Å². The summed E-state index contributed by atoms with van der Waals surface area (Å²) in [6, 6.07) is 5.81. The third kappa shape index (κ3) is 8.80. The minimum Gasteiger partial charge on any atom is -0.606 e. The summed E-state index contributed by atoms with van der Waals surface area (Å²) in [6.45, 7) is 0.587. The maximum Gasteiger partial charge on any atom is 0.377 e. The minimum atomic E-state index is -4.09. The van der Waals surface area contributed by atoms with Gasteiger partial charge in [0, 0.05) is 0 Å². The second kappa shape index (κ2) is 8.54. The second-order valence-corrected chi connectivity index (χ2v) is 7.28. The van der Waals surface area contributed by atoms with Crippen molar-refractivity contribution in [3.8, 4) is 5.75 Å². The van der Waals surface area contributed by atoms with Gasteiger partial charge in [-0.2, -0.15) is 13.9 Å². The molecule has 0 aromatic heterocycles. The predicted octanol–water partition coefficient (Wildman–Crippen LogP) is 0.533. The summed E-state index contributed by atoms with van der Waals surface area (Å²) in [5, 5.41) is 8.77. The van der Waals surface area contributed by atoms with Gasteiger partial charge in [-0.25, -0.2) is 4.79 Å². The Kier molecular flexibility index (Phi) is 7.34. The van der Waals surface area contributed by atoms with Crippen molar-refractivity contribution < 1.29 is 38.0 Å². The highest BCUT2D eigenvalue weighted by atomic mass is 31.2. The van der Waals surface area contributed by atoms with E-state index in [0.717, 1.165) is 0 Å². The second-order valence-electron chi connectivity index (χ2n) is 5.83. The summed E-state index contributed by atoms with van der Waals surface area (Å²) < 4.78 is 15.5. The van der Waals surface area contributed by atoms with E-state index in [2.05, 4.69) is 0 Å². The van der Waals surface area contributed by atoms with Crippen LogP contribution in [0.15, 0.2) is 24.3 Å². The summed E-state index contributed by atoms with van der Waals surface area (Å²) >= 11 is 0. The number of carboxylic acids is 1. The van der Waals surface area contributed by atoms with Gasteiger partial charge in [0.15, 0.2) is 0 Å². The highest BCUT2D eigenvalue weighted by Crippen LogP contribution is 2.47. The molecule has 0 aliphatic carbocycles. The molecule has 0 spiro atoms. The molecule has 0 bridgehead atoms. The van der Waals surface area contributed by atoms with Gasteiger partial charge in [0.05, 0.1) is 26.7 Å². The molecule has 23 heavy (non-hydrogen) atoms. The first-order chi connectivity index (χ1) is 10.6. The molecular weight excluding hydrogens is 325 g/mol. The number of nitrogens with zero attached hydrogens (tertiary/aromatic N) is 1. The van der Waals surface area contributed by atoms with Gasteiger partial charge in [-0.15, -0.1) is 0 Å². The monoisotopic (exact) mass is 348 g/mol. The largest absolute Gasteiger partial charge is 0.606 e. The van der Waals surface area contributed by atoms with Crippen LogP contribution in [-0.4, -0.2) is 68.0 Å². The predicted molar refractivity (Wildman–Crippen MR) is 82.8 cm³/mol. The lowest BCUT2D eigenvalue weighted by atomic mass is 10.2. The number of quaternary nitrogens is 1. The Labute approximate surface area is 136 Å². The molecule has 1 unspecified atom stereocenters. The van der Waals surface area contributed by atoms with Crippen LogP contribution in [0.1, 0.15) is 10.4 Å². The van der Waals surface area contributed by atoms with E-state index in [1.807, 2.05) is 21.1 Å². The van der Waals surface area contributed by atoms with E-state index in [9.17, 15) is 14.6 Å². The van der Waals surface area contributed by atoms with Crippen molar-refractivity contribution in [3.05, 3.63) is 29.8 Å². The fourth-order valence-corrected chi connectivity index (χ4v) is 2.17. The van der Waals surface area contributed by atoms with Crippen molar-refractivity contribution in [2.45, 2.75) is 0 Å². The number of hydrogen-bond acceptors (Lipinski definition) is 6. The van der Waals surface area contributed by atoms with Gasteiger partial charge in [0.1, 0.15) is 32.1 Å². The van der Waals surface area contributed by atoms with Crippen LogP contribution in [0.2, 0.25) is 0 Å². The zero-order chi connectivity index (χ0) is 17.5. The Morgan fingerprint density at radius 3 is 2.22 bits per heavy atom. The van der Waals surface area contributed by atoms with Crippen LogP contribution in [0.5, 0.6) is 5.75 Å². The van der Waals surface area contributed by atoms with Crippen LogP contribution in [0.25, 0.3) is 0 Å². The summed E-state index contributed by atoms with van der Waals surface area (Å²) in [4.78, 5) is 31.8. The Morgan fingerprint density at radius 1 is 1.13 bits per heavy atom. The van der Waals surface area contributed by atoms with E-state index in [1.54, 1.807) is 0 Å². The van der Waals surface area contributed by atoms with Crippen LogP contribution < -0.4 is 9.63 Å². The number of rotatable bonds is 10. The molecule has 0 aliphatic rings. The van der Waals surface area contributed by atoms with Crippen molar-refractivity contribution >= 4 is 14.1 Å². The first-order valence-corrected chi connectivity index (χ1v) is 8.47. The third-order valence-corrected chi connectivity index (χ3v) is 3.74. The first-order valence-electron chi connectivity index (χ1n) is 6.97. The van der Waals surface area contributed by atoms with Crippen molar-refractivity contribution in [2.24, 2.45) is 0 Å². The van der Waals surface area contributed by atoms with Crippen molar-refractivity contribution in [3.63, 3.8) is 0 Å². The molecule has 0 radical (unpaired) electrons. The molecule has 0 fully saturated rings. The standard InChI is InChI=1S/C14H22NO7P/c1-15(2,3)8-9-21-23(18,19)22-11-10-20-13-6-4-12(5-7-13)14(16)17/h4-7H,8-11H2,1-3H3,(H-,16,17,18,19)/p+1. The average molecular weight is 348 g/mol. The van der Waals surface area contributed by atoms with Crippen molar-refractivity contribution in [1.82, 2.24) is 0 Å². The molecule has 8 nitrogen and oxygen atoms in total. The number of ether oxygens (including phenoxy) is 1. The number of carboxylic acid groups (broad SMARTS) is 1. The number of phosphoric acid groups is 1. The summed E-state index contributed by atoms with van der Waals surface area (Å²) in [7, 11) is 1.73. The van der Waals surface area contributed by atoms with Gasteiger partial charge in [-0.3, -0.25) is 0 Å². The van der Waals surface area contributed by atoms with Crippen LogP contribution >= 0.6 is 8.17 Å². The maximum atomic E-state index is 11.6. The molecule has 0 saturated carbocycles. The number of carbonyl (C=O) groups is 1. The molecule has 1 rings (SSSR count). The van der Waals surface area contributed by atoms with Gasteiger partial charge in [0.25, 0.3) is 0 Å². The number of likely N-dealkylation sites (N-methyl/N-ethyl adjacent to an activating group) is 1. The fraction of sp³-hybridized carbons (Fsp3) is 0.500. The number of aromatic carboxylic acids is 1. The van der Waals surface area contributed by atoms with E-state index in [4.69, 9.17) is 18.9 Å². The Morgan fingerprint density at radius 2 is 1.70 bits per heavy atom. The normalized spacial score (nSPS) is 14.3. The van der Waals surface area contributed by atoms with Gasteiger partial charge >= 0.3 is 14.1 Å². The quantitative estimate of drug-likeness (QED) is 0.361. The minimum absolute atomic E-state index is 0.0374. The molecule has 9 heteroatoms. The highest BCUT2D eigenvalue weighted by molar-refractivity contribution is 7.52. The van der Waals surface area contributed by atoms with Crippen LogP contribution in [0.3, 0.4) is 0 Å². The molecule has 1 aromatic rings. The molecule has 1 atom stereocenters. The summed E-state index contributed by atoms with van der Waals surface area (Å²) in [5.74, 6) is -0.579. The number of benzene rings is 1. The molecule has 2 N–H and O–H groups in total. The lowest BCUT2D eigenvalue weighted by Gasteiger charge is -2.25. The van der Waals surface area contributed by atoms with E-state index < -0.39 is 14.1 Å². The molecule has 130 valence electrons. The lowest BCUT2D eigenvalue weighted by molar-refractivity contribution is -0.870. The first kappa shape index (κ1) is 19.8. The maximum absolute atomic E-state index is 11.6. The smallest absolute Gasteiger partial charge is 0.377 e. The van der Waals surface area contributed by atoms with Crippen LogP contribution in [-0.2, 0) is 9.05 Å².